The van der Waals surface area contributed by atoms with Crippen molar-refractivity contribution in [3.63, 3.8) is 0 Å². The predicted molar refractivity (Wildman–Crippen MR) is 120 cm³/mol. The minimum Gasteiger partial charge on any atom is -0.377 e. The van der Waals surface area contributed by atoms with E-state index >= 15 is 0 Å². The van der Waals surface area contributed by atoms with Crippen molar-refractivity contribution in [3.05, 3.63) is 107 Å². The van der Waals surface area contributed by atoms with E-state index in [0.29, 0.717) is 12.5 Å². The largest absolute Gasteiger partial charge is 0.377 e. The van der Waals surface area contributed by atoms with Crippen LogP contribution in [-0.4, -0.2) is 13.2 Å². The van der Waals surface area contributed by atoms with Gasteiger partial charge in [0.15, 0.2) is 0 Å². The number of rotatable bonds is 7. The van der Waals surface area contributed by atoms with Crippen molar-refractivity contribution < 1.29 is 4.74 Å². The first-order valence-electron chi connectivity index (χ1n) is 10.1. The summed E-state index contributed by atoms with van der Waals surface area (Å²) in [5, 5.41) is 0. The highest BCUT2D eigenvalue weighted by Gasteiger charge is 2.13. The molecule has 2 heteroatoms. The van der Waals surface area contributed by atoms with E-state index in [1.54, 1.807) is 0 Å². The molecule has 2 N–H and O–H groups in total. The Morgan fingerprint density at radius 1 is 0.786 bits per heavy atom. The lowest BCUT2D eigenvalue weighted by molar-refractivity contribution is 0.116. The average Bonchev–Trinajstić information content (AvgIpc) is 2.69. The molecule has 0 saturated carbocycles. The highest BCUT2D eigenvalue weighted by molar-refractivity contribution is 5.32. The fraction of sp³-hybridized carbons (Fsp3) is 0.308. The SMILES string of the molecule is CCN.Cc1cc(C)cc(COCCC(c2ccccc2)c2ccccc2)c1. The van der Waals surface area contributed by atoms with Gasteiger partial charge in [0, 0.05) is 12.5 Å². The van der Waals surface area contributed by atoms with Crippen molar-refractivity contribution in [2.24, 2.45) is 5.73 Å². The summed E-state index contributed by atoms with van der Waals surface area (Å²) in [6.07, 6.45) is 0.985. The molecule has 0 atom stereocenters. The summed E-state index contributed by atoms with van der Waals surface area (Å²) in [6.45, 7) is 8.36. The van der Waals surface area contributed by atoms with Gasteiger partial charge in [-0.25, -0.2) is 0 Å². The highest BCUT2D eigenvalue weighted by Crippen LogP contribution is 2.27. The van der Waals surface area contributed by atoms with E-state index in [1.807, 2.05) is 6.92 Å². The van der Waals surface area contributed by atoms with Crippen molar-refractivity contribution >= 4 is 0 Å². The molecule has 0 aliphatic carbocycles. The van der Waals surface area contributed by atoms with Crippen molar-refractivity contribution in [1.82, 2.24) is 0 Å². The molecular weight excluding hydrogens is 342 g/mol. The molecule has 148 valence electrons. The molecule has 0 radical (unpaired) electrons. The third-order valence-corrected chi connectivity index (χ3v) is 4.50. The number of hydrogen-bond donors (Lipinski definition) is 1. The molecule has 3 aromatic carbocycles. The summed E-state index contributed by atoms with van der Waals surface area (Å²) in [6, 6.07) is 28.0. The first kappa shape index (κ1) is 21.9. The zero-order valence-corrected chi connectivity index (χ0v) is 17.4. The molecule has 0 aliphatic rings. The number of benzene rings is 3. The fourth-order valence-electron chi connectivity index (χ4n) is 3.44. The van der Waals surface area contributed by atoms with Gasteiger partial charge in [0.1, 0.15) is 0 Å². The Morgan fingerprint density at radius 3 is 1.71 bits per heavy atom. The number of nitrogens with two attached hydrogens (primary N) is 1. The van der Waals surface area contributed by atoms with Crippen LogP contribution >= 0.6 is 0 Å². The normalized spacial score (nSPS) is 10.5. The number of ether oxygens (including phenoxy) is 1. The Bertz CT molecular complexity index is 739. The summed E-state index contributed by atoms with van der Waals surface area (Å²) in [5.41, 5.74) is 11.4. The molecule has 0 saturated heterocycles. The van der Waals surface area contributed by atoms with E-state index in [0.717, 1.165) is 19.6 Å². The molecule has 0 heterocycles. The molecular formula is C26H33NO. The van der Waals surface area contributed by atoms with Gasteiger partial charge in [-0.1, -0.05) is 96.9 Å². The first-order valence-corrected chi connectivity index (χ1v) is 10.1. The lowest BCUT2D eigenvalue weighted by Gasteiger charge is -2.18. The van der Waals surface area contributed by atoms with Gasteiger partial charge < -0.3 is 10.5 Å². The maximum Gasteiger partial charge on any atom is 0.0717 e. The van der Waals surface area contributed by atoms with Crippen LogP contribution < -0.4 is 5.73 Å². The van der Waals surface area contributed by atoms with Crippen LogP contribution in [0.2, 0.25) is 0 Å². The second-order valence-electron chi connectivity index (χ2n) is 7.12. The van der Waals surface area contributed by atoms with Crippen LogP contribution in [0.5, 0.6) is 0 Å². The number of aryl methyl sites for hydroxylation is 2. The van der Waals surface area contributed by atoms with E-state index in [1.165, 1.54) is 27.8 Å². The van der Waals surface area contributed by atoms with E-state index < -0.39 is 0 Å². The maximum atomic E-state index is 6.00. The second kappa shape index (κ2) is 12.1. The van der Waals surface area contributed by atoms with Gasteiger partial charge in [-0.15, -0.1) is 0 Å². The number of hydrogen-bond acceptors (Lipinski definition) is 2. The molecule has 0 aromatic heterocycles. The fourth-order valence-corrected chi connectivity index (χ4v) is 3.44. The van der Waals surface area contributed by atoms with Gasteiger partial charge in [-0.3, -0.25) is 0 Å². The Hall–Kier alpha value is -2.42. The predicted octanol–water partition coefficient (Wildman–Crippen LogP) is 6.01. The van der Waals surface area contributed by atoms with Crippen LogP contribution in [0.4, 0.5) is 0 Å². The lowest BCUT2D eigenvalue weighted by atomic mass is 9.89. The second-order valence-corrected chi connectivity index (χ2v) is 7.12. The van der Waals surface area contributed by atoms with Gasteiger partial charge in [0.05, 0.1) is 6.61 Å². The van der Waals surface area contributed by atoms with Gasteiger partial charge in [-0.05, 0) is 43.5 Å². The minimum atomic E-state index is 0.377. The molecule has 3 aromatic rings. The van der Waals surface area contributed by atoms with E-state index in [-0.39, 0.29) is 0 Å². The molecule has 0 aliphatic heterocycles. The third-order valence-electron chi connectivity index (χ3n) is 4.50. The Kier molecular flexibility index (Phi) is 9.47. The monoisotopic (exact) mass is 375 g/mol. The topological polar surface area (TPSA) is 35.2 Å². The molecule has 28 heavy (non-hydrogen) atoms. The molecule has 2 nitrogen and oxygen atoms in total. The molecule has 0 amide bonds. The summed E-state index contributed by atoms with van der Waals surface area (Å²) in [5.74, 6) is 0.377. The van der Waals surface area contributed by atoms with Crippen molar-refractivity contribution in [2.45, 2.75) is 39.7 Å². The van der Waals surface area contributed by atoms with Gasteiger partial charge >= 0.3 is 0 Å². The van der Waals surface area contributed by atoms with Crippen molar-refractivity contribution in [3.8, 4) is 0 Å². The highest BCUT2D eigenvalue weighted by atomic mass is 16.5. The van der Waals surface area contributed by atoms with E-state index in [9.17, 15) is 0 Å². The zero-order valence-electron chi connectivity index (χ0n) is 17.4. The first-order chi connectivity index (χ1) is 13.6. The zero-order chi connectivity index (χ0) is 20.2. The molecule has 0 fully saturated rings. The smallest absolute Gasteiger partial charge is 0.0717 e. The Morgan fingerprint density at radius 2 is 1.25 bits per heavy atom. The molecule has 3 rings (SSSR count). The van der Waals surface area contributed by atoms with Crippen LogP contribution in [0.3, 0.4) is 0 Å². The quantitative estimate of drug-likeness (QED) is 0.513. The van der Waals surface area contributed by atoms with Crippen molar-refractivity contribution in [1.29, 1.82) is 0 Å². The Balaban J connectivity index is 0.000000878. The standard InChI is InChI=1S/C24H26O.C2H7N/c1-19-15-20(2)17-21(16-19)18-25-14-13-24(22-9-5-3-6-10-22)23-11-7-4-8-12-23;1-2-3/h3-12,15-17,24H,13-14,18H2,1-2H3;2-3H2,1H3. The lowest BCUT2D eigenvalue weighted by Crippen LogP contribution is -2.06. The van der Waals surface area contributed by atoms with Crippen LogP contribution in [-0.2, 0) is 11.3 Å². The van der Waals surface area contributed by atoms with Crippen LogP contribution in [0.25, 0.3) is 0 Å². The van der Waals surface area contributed by atoms with Crippen LogP contribution in [0, 0.1) is 13.8 Å². The van der Waals surface area contributed by atoms with Gasteiger partial charge in [0.25, 0.3) is 0 Å². The molecule has 0 unspecified atom stereocenters. The summed E-state index contributed by atoms with van der Waals surface area (Å²) < 4.78 is 6.00. The molecule has 0 bridgehead atoms. The molecule has 0 spiro atoms. The average molecular weight is 376 g/mol. The van der Waals surface area contributed by atoms with Crippen molar-refractivity contribution in [2.75, 3.05) is 13.2 Å². The van der Waals surface area contributed by atoms with E-state index in [2.05, 4.69) is 92.7 Å². The van der Waals surface area contributed by atoms with Gasteiger partial charge in [0.2, 0.25) is 0 Å². The van der Waals surface area contributed by atoms with Gasteiger partial charge in [-0.2, -0.15) is 0 Å². The summed E-state index contributed by atoms with van der Waals surface area (Å²) in [7, 11) is 0. The van der Waals surface area contributed by atoms with Crippen LogP contribution in [0.1, 0.15) is 47.1 Å². The van der Waals surface area contributed by atoms with Crippen LogP contribution in [0.15, 0.2) is 78.9 Å². The third kappa shape index (κ3) is 7.30. The summed E-state index contributed by atoms with van der Waals surface area (Å²) in [4.78, 5) is 0. The van der Waals surface area contributed by atoms with E-state index in [4.69, 9.17) is 10.5 Å². The maximum absolute atomic E-state index is 6.00. The minimum absolute atomic E-state index is 0.377. The summed E-state index contributed by atoms with van der Waals surface area (Å²) >= 11 is 0. The Labute approximate surface area is 170 Å².